The van der Waals surface area contributed by atoms with Gasteiger partial charge in [0, 0.05) is 18.7 Å². The Kier molecular flexibility index (Phi) is 7.05. The zero-order valence-electron chi connectivity index (χ0n) is 20.3. The Bertz CT molecular complexity index is 1390. The largest absolute Gasteiger partial charge is 0.497 e. The van der Waals surface area contributed by atoms with Crippen molar-refractivity contribution in [2.75, 3.05) is 13.7 Å². The van der Waals surface area contributed by atoms with E-state index in [1.165, 1.54) is 16.8 Å². The number of hydrogen-bond acceptors (Lipinski definition) is 6. The van der Waals surface area contributed by atoms with Crippen LogP contribution in [-0.4, -0.2) is 40.6 Å². The highest BCUT2D eigenvalue weighted by atomic mass is 16.6. The highest BCUT2D eigenvalue weighted by Gasteiger charge is 2.46. The van der Waals surface area contributed by atoms with Gasteiger partial charge in [0.05, 0.1) is 19.8 Å². The fourth-order valence-electron chi connectivity index (χ4n) is 4.92. The van der Waals surface area contributed by atoms with Crippen LogP contribution in [0.4, 0.5) is 0 Å². The molecule has 1 saturated heterocycles. The number of nitrogens with zero attached hydrogens (tertiary/aromatic N) is 1. The molecule has 1 aliphatic heterocycles. The van der Waals surface area contributed by atoms with Gasteiger partial charge in [-0.1, -0.05) is 72.8 Å². The first-order valence-electron chi connectivity index (χ1n) is 12.1. The van der Waals surface area contributed by atoms with Crippen LogP contribution in [0.15, 0.2) is 107 Å². The van der Waals surface area contributed by atoms with E-state index >= 15 is 0 Å². The molecule has 0 amide bonds. The van der Waals surface area contributed by atoms with Gasteiger partial charge in [-0.15, -0.1) is 0 Å². The summed E-state index contributed by atoms with van der Waals surface area (Å²) in [6.07, 6.45) is -0.320. The van der Waals surface area contributed by atoms with E-state index in [0.29, 0.717) is 5.75 Å². The normalized spacial score (nSPS) is 19.6. The van der Waals surface area contributed by atoms with E-state index in [2.05, 4.69) is 4.98 Å². The number of aliphatic hydroxyl groups excluding tert-OH is 1. The van der Waals surface area contributed by atoms with Crippen LogP contribution in [0.3, 0.4) is 0 Å². The average molecular weight is 501 g/mol. The summed E-state index contributed by atoms with van der Waals surface area (Å²) in [6.45, 7) is -0.304. The second-order valence-electron chi connectivity index (χ2n) is 8.86. The second kappa shape index (κ2) is 10.6. The van der Waals surface area contributed by atoms with Crippen molar-refractivity contribution in [1.29, 1.82) is 0 Å². The Morgan fingerprint density at radius 2 is 1.51 bits per heavy atom. The molecule has 4 aromatic rings. The van der Waals surface area contributed by atoms with E-state index in [1.807, 2.05) is 84.9 Å². The van der Waals surface area contributed by atoms with Gasteiger partial charge < -0.3 is 19.3 Å². The highest BCUT2D eigenvalue weighted by Crippen LogP contribution is 2.45. The van der Waals surface area contributed by atoms with Crippen molar-refractivity contribution >= 4 is 0 Å². The van der Waals surface area contributed by atoms with Crippen LogP contribution in [0, 0.1) is 0 Å². The van der Waals surface area contributed by atoms with E-state index in [9.17, 15) is 14.7 Å². The van der Waals surface area contributed by atoms with Crippen LogP contribution in [-0.2, 0) is 15.1 Å². The molecule has 2 N–H and O–H groups in total. The van der Waals surface area contributed by atoms with E-state index in [0.717, 1.165) is 16.7 Å². The molecule has 0 unspecified atom stereocenters. The van der Waals surface area contributed by atoms with Crippen LogP contribution in [0.2, 0.25) is 0 Å². The third-order valence-corrected chi connectivity index (χ3v) is 6.71. The molecule has 3 atom stereocenters. The first-order chi connectivity index (χ1) is 18.0. The van der Waals surface area contributed by atoms with Crippen LogP contribution < -0.4 is 16.0 Å². The summed E-state index contributed by atoms with van der Waals surface area (Å²) in [5.74, 6) is 0.716. The number of benzene rings is 3. The van der Waals surface area contributed by atoms with Crippen LogP contribution in [0.1, 0.15) is 29.3 Å². The van der Waals surface area contributed by atoms with Gasteiger partial charge in [0.1, 0.15) is 23.7 Å². The number of methoxy groups -OCH3 is 1. The Morgan fingerprint density at radius 3 is 2.05 bits per heavy atom. The average Bonchev–Trinajstić information content (AvgIpc) is 3.35. The predicted octanol–water partition coefficient (Wildman–Crippen LogP) is 3.20. The number of rotatable bonds is 8. The monoisotopic (exact) mass is 500 g/mol. The molecule has 0 radical (unpaired) electrons. The van der Waals surface area contributed by atoms with Gasteiger partial charge in [-0.3, -0.25) is 14.3 Å². The molecule has 5 rings (SSSR count). The molecule has 37 heavy (non-hydrogen) atoms. The van der Waals surface area contributed by atoms with Gasteiger partial charge in [0.25, 0.3) is 5.56 Å². The van der Waals surface area contributed by atoms with Crippen molar-refractivity contribution in [2.24, 2.45) is 0 Å². The molecule has 0 aliphatic carbocycles. The first-order valence-corrected chi connectivity index (χ1v) is 12.1. The maximum absolute atomic E-state index is 12.5. The van der Waals surface area contributed by atoms with Crippen molar-refractivity contribution in [3.8, 4) is 5.75 Å². The SMILES string of the molecule is COc1ccc(C(O[C@@H]2C[C@H](n3ccc(=O)[nH]c3=O)O[C@@H]2CO)(c2ccccc2)c2ccccc2)cc1. The molecule has 8 heteroatoms. The third-order valence-electron chi connectivity index (χ3n) is 6.71. The summed E-state index contributed by atoms with van der Waals surface area (Å²) in [7, 11) is 1.62. The van der Waals surface area contributed by atoms with E-state index in [1.54, 1.807) is 7.11 Å². The molecule has 190 valence electrons. The molecule has 3 aromatic carbocycles. The van der Waals surface area contributed by atoms with Gasteiger partial charge >= 0.3 is 5.69 Å². The van der Waals surface area contributed by atoms with Crippen molar-refractivity contribution in [2.45, 2.75) is 30.5 Å². The standard InChI is InChI=1S/C29H28N2O6/c1-35-23-14-12-22(13-15-23)29(20-8-4-2-5-9-20,21-10-6-3-7-11-21)37-24-18-27(36-25(24)19-32)31-17-16-26(33)30-28(31)34/h2-17,24-25,27,32H,18-19H2,1H3,(H,30,33,34)/t24-,25-,27-/m1/s1. The topological polar surface area (TPSA) is 103 Å². The Labute approximate surface area is 213 Å². The van der Waals surface area contributed by atoms with Crippen molar-refractivity contribution in [3.05, 3.63) is 135 Å². The summed E-state index contributed by atoms with van der Waals surface area (Å²) in [4.78, 5) is 26.3. The summed E-state index contributed by atoms with van der Waals surface area (Å²) in [5, 5.41) is 10.2. The molecule has 1 aliphatic rings. The van der Waals surface area contributed by atoms with Gasteiger partial charge in [-0.25, -0.2) is 4.79 Å². The van der Waals surface area contributed by atoms with Crippen molar-refractivity contribution < 1.29 is 19.3 Å². The molecular formula is C29H28N2O6. The summed E-state index contributed by atoms with van der Waals surface area (Å²) >= 11 is 0. The third kappa shape index (κ3) is 4.74. The lowest BCUT2D eigenvalue weighted by Crippen LogP contribution is -2.40. The number of aromatic nitrogens is 2. The fourth-order valence-corrected chi connectivity index (χ4v) is 4.92. The lowest BCUT2D eigenvalue weighted by atomic mass is 9.79. The van der Waals surface area contributed by atoms with E-state index in [-0.39, 0.29) is 13.0 Å². The number of H-pyrrole nitrogens is 1. The molecule has 1 aromatic heterocycles. The minimum Gasteiger partial charge on any atom is -0.497 e. The minimum atomic E-state index is -1.05. The smallest absolute Gasteiger partial charge is 0.330 e. The molecule has 1 fully saturated rings. The quantitative estimate of drug-likeness (QED) is 0.360. The van der Waals surface area contributed by atoms with Gasteiger partial charge in [-0.05, 0) is 28.8 Å². The fraction of sp³-hybridized carbons (Fsp3) is 0.241. The Morgan fingerprint density at radius 1 is 0.919 bits per heavy atom. The maximum atomic E-state index is 12.5. The van der Waals surface area contributed by atoms with E-state index < -0.39 is 35.3 Å². The molecule has 2 heterocycles. The zero-order chi connectivity index (χ0) is 25.8. The number of hydrogen-bond donors (Lipinski definition) is 2. The first kappa shape index (κ1) is 24.7. The number of aliphatic hydroxyl groups is 1. The summed E-state index contributed by atoms with van der Waals surface area (Å²) < 4.78 is 19.8. The molecule has 0 bridgehead atoms. The highest BCUT2D eigenvalue weighted by molar-refractivity contribution is 5.48. The molecule has 0 spiro atoms. The lowest BCUT2D eigenvalue weighted by Gasteiger charge is -2.39. The summed E-state index contributed by atoms with van der Waals surface area (Å²) in [5.41, 5.74) is 0.536. The van der Waals surface area contributed by atoms with Gasteiger partial charge in [0.2, 0.25) is 0 Å². The van der Waals surface area contributed by atoms with Gasteiger partial charge in [0.15, 0.2) is 0 Å². The minimum absolute atomic E-state index is 0.286. The predicted molar refractivity (Wildman–Crippen MR) is 138 cm³/mol. The van der Waals surface area contributed by atoms with E-state index in [4.69, 9.17) is 14.2 Å². The number of nitrogens with one attached hydrogen (secondary N) is 1. The Hall–Kier alpha value is -3.98. The number of aromatic amines is 1. The van der Waals surface area contributed by atoms with Crippen LogP contribution in [0.5, 0.6) is 5.75 Å². The van der Waals surface area contributed by atoms with Crippen molar-refractivity contribution in [1.82, 2.24) is 9.55 Å². The molecule has 0 saturated carbocycles. The zero-order valence-corrected chi connectivity index (χ0v) is 20.3. The van der Waals surface area contributed by atoms with Crippen molar-refractivity contribution in [3.63, 3.8) is 0 Å². The van der Waals surface area contributed by atoms with Crippen LogP contribution in [0.25, 0.3) is 0 Å². The summed E-state index contributed by atoms with van der Waals surface area (Å²) in [6, 6.07) is 28.7. The molecular weight excluding hydrogens is 472 g/mol. The maximum Gasteiger partial charge on any atom is 0.330 e. The second-order valence-corrected chi connectivity index (χ2v) is 8.86. The lowest BCUT2D eigenvalue weighted by molar-refractivity contribution is -0.0994. The molecule has 8 nitrogen and oxygen atoms in total. The number of ether oxygens (including phenoxy) is 3. The van der Waals surface area contributed by atoms with Gasteiger partial charge in [-0.2, -0.15) is 0 Å². The van der Waals surface area contributed by atoms with Crippen LogP contribution >= 0.6 is 0 Å². The Balaban J connectivity index is 1.63.